The Labute approximate surface area is 213 Å². The maximum atomic E-state index is 11.3. The smallest absolute Gasteiger partial charge is 0.130 e. The van der Waals surface area contributed by atoms with Crippen molar-refractivity contribution in [1.29, 1.82) is 0 Å². The van der Waals surface area contributed by atoms with Crippen LogP contribution in [0.1, 0.15) is 33.4 Å². The van der Waals surface area contributed by atoms with E-state index in [4.69, 9.17) is 0 Å². The van der Waals surface area contributed by atoms with E-state index in [1.807, 2.05) is 6.07 Å². The fourth-order valence-electron chi connectivity index (χ4n) is 4.74. The van der Waals surface area contributed by atoms with Crippen LogP contribution in [0.15, 0.2) is 84.9 Å². The Morgan fingerprint density at radius 3 is 1.32 bits per heavy atom. The standard InChI is InChI=1S/C31H26O6/c32-23-7-1-18(2-8-23)13-21-16-22(14-19-3-9-24(33)10-4-19)31(37)30-28(36)17-27(35)26(29(21)30)15-20-5-11-25(34)12-6-20/h1-12,16-17,32-37H,13-15H2. The van der Waals surface area contributed by atoms with E-state index in [0.29, 0.717) is 35.8 Å². The summed E-state index contributed by atoms with van der Waals surface area (Å²) >= 11 is 0. The van der Waals surface area contributed by atoms with E-state index in [2.05, 4.69) is 0 Å². The Morgan fingerprint density at radius 1 is 0.405 bits per heavy atom. The van der Waals surface area contributed by atoms with Crippen molar-refractivity contribution in [1.82, 2.24) is 0 Å². The minimum absolute atomic E-state index is 0.0815. The Hall–Kier alpha value is -4.84. The number of hydrogen-bond donors (Lipinski definition) is 6. The molecule has 186 valence electrons. The molecule has 6 N–H and O–H groups in total. The van der Waals surface area contributed by atoms with E-state index in [1.54, 1.807) is 72.8 Å². The zero-order chi connectivity index (χ0) is 26.1. The first-order chi connectivity index (χ1) is 17.8. The van der Waals surface area contributed by atoms with Crippen LogP contribution in [0.5, 0.6) is 34.5 Å². The lowest BCUT2D eigenvalue weighted by Crippen LogP contribution is -2.00. The molecule has 37 heavy (non-hydrogen) atoms. The predicted octanol–water partition coefficient (Wildman–Crippen LogP) is 5.85. The molecule has 0 fully saturated rings. The average molecular weight is 495 g/mol. The Balaban J connectivity index is 1.72. The summed E-state index contributed by atoms with van der Waals surface area (Å²) in [7, 11) is 0. The molecule has 0 aliphatic rings. The molecule has 0 saturated carbocycles. The van der Waals surface area contributed by atoms with Crippen molar-refractivity contribution in [3.05, 3.63) is 118 Å². The second-order valence-corrected chi connectivity index (χ2v) is 9.22. The van der Waals surface area contributed by atoms with Crippen molar-refractivity contribution in [3.8, 4) is 34.5 Å². The van der Waals surface area contributed by atoms with Gasteiger partial charge < -0.3 is 30.6 Å². The van der Waals surface area contributed by atoms with Gasteiger partial charge in [0.25, 0.3) is 0 Å². The van der Waals surface area contributed by atoms with Gasteiger partial charge in [-0.2, -0.15) is 0 Å². The van der Waals surface area contributed by atoms with Crippen molar-refractivity contribution in [2.45, 2.75) is 19.3 Å². The van der Waals surface area contributed by atoms with Crippen molar-refractivity contribution < 1.29 is 30.6 Å². The van der Waals surface area contributed by atoms with Gasteiger partial charge in [-0.05, 0) is 76.0 Å². The second kappa shape index (κ2) is 9.66. The van der Waals surface area contributed by atoms with E-state index < -0.39 is 0 Å². The molecule has 0 radical (unpaired) electrons. The third-order valence-electron chi connectivity index (χ3n) is 6.58. The van der Waals surface area contributed by atoms with Crippen LogP contribution in [0.2, 0.25) is 0 Å². The van der Waals surface area contributed by atoms with Crippen molar-refractivity contribution in [2.24, 2.45) is 0 Å². The summed E-state index contributed by atoms with van der Waals surface area (Å²) in [5, 5.41) is 63.0. The average Bonchev–Trinajstić information content (AvgIpc) is 2.87. The van der Waals surface area contributed by atoms with Gasteiger partial charge in [-0.1, -0.05) is 42.5 Å². The fraction of sp³-hybridized carbons (Fsp3) is 0.0968. The molecule has 5 aromatic carbocycles. The van der Waals surface area contributed by atoms with Gasteiger partial charge in [-0.25, -0.2) is 0 Å². The fourth-order valence-corrected chi connectivity index (χ4v) is 4.74. The molecule has 0 atom stereocenters. The molecule has 0 heterocycles. The minimum atomic E-state index is -0.237. The molecule has 0 aliphatic carbocycles. The molecular weight excluding hydrogens is 468 g/mol. The van der Waals surface area contributed by atoms with E-state index in [-0.39, 0.29) is 39.9 Å². The molecule has 0 aliphatic heterocycles. The van der Waals surface area contributed by atoms with Gasteiger partial charge in [-0.3, -0.25) is 0 Å². The lowest BCUT2D eigenvalue weighted by molar-refractivity contribution is 0.445. The summed E-state index contributed by atoms with van der Waals surface area (Å²) < 4.78 is 0. The normalized spacial score (nSPS) is 11.1. The van der Waals surface area contributed by atoms with Crippen LogP contribution in [0.25, 0.3) is 10.8 Å². The molecule has 0 saturated heterocycles. The zero-order valence-electron chi connectivity index (χ0n) is 19.9. The third-order valence-corrected chi connectivity index (χ3v) is 6.58. The molecule has 0 aromatic heterocycles. The van der Waals surface area contributed by atoms with Gasteiger partial charge in [0.05, 0.1) is 5.39 Å². The summed E-state index contributed by atoms with van der Waals surface area (Å²) in [5.74, 6) is 0.00637. The van der Waals surface area contributed by atoms with E-state index in [1.165, 1.54) is 6.07 Å². The Morgan fingerprint density at radius 2 is 0.838 bits per heavy atom. The maximum Gasteiger partial charge on any atom is 0.130 e. The van der Waals surface area contributed by atoms with Gasteiger partial charge in [0.1, 0.15) is 34.5 Å². The Kier molecular flexibility index (Phi) is 6.24. The van der Waals surface area contributed by atoms with Crippen LogP contribution < -0.4 is 0 Å². The number of hydrogen-bond acceptors (Lipinski definition) is 6. The summed E-state index contributed by atoms with van der Waals surface area (Å²) in [5.41, 5.74) is 4.52. The quantitative estimate of drug-likeness (QED) is 0.176. The van der Waals surface area contributed by atoms with Crippen LogP contribution in [0, 0.1) is 0 Å². The molecule has 0 unspecified atom stereocenters. The number of benzene rings is 5. The largest absolute Gasteiger partial charge is 0.508 e. The van der Waals surface area contributed by atoms with Crippen LogP contribution in [0.3, 0.4) is 0 Å². The van der Waals surface area contributed by atoms with Crippen molar-refractivity contribution in [2.75, 3.05) is 0 Å². The second-order valence-electron chi connectivity index (χ2n) is 9.22. The molecule has 0 bridgehead atoms. The Bertz CT molecular complexity index is 1570. The highest BCUT2D eigenvalue weighted by molar-refractivity contribution is 6.00. The van der Waals surface area contributed by atoms with Gasteiger partial charge >= 0.3 is 0 Å². The molecule has 6 heteroatoms. The van der Waals surface area contributed by atoms with Gasteiger partial charge in [0.15, 0.2) is 0 Å². The van der Waals surface area contributed by atoms with Crippen LogP contribution in [0.4, 0.5) is 0 Å². The first kappa shape index (κ1) is 23.9. The molecule has 0 spiro atoms. The highest BCUT2D eigenvalue weighted by atomic mass is 16.3. The first-order valence-corrected chi connectivity index (χ1v) is 11.8. The summed E-state index contributed by atoms with van der Waals surface area (Å²) in [4.78, 5) is 0. The predicted molar refractivity (Wildman–Crippen MR) is 142 cm³/mol. The van der Waals surface area contributed by atoms with Crippen LogP contribution >= 0.6 is 0 Å². The SMILES string of the molecule is Oc1ccc(Cc2cc(Cc3ccc(O)cc3)c3c(Cc4ccc(O)cc4)c(O)cc(O)c3c2O)cc1. The number of aromatic hydroxyl groups is 6. The van der Waals surface area contributed by atoms with Gasteiger partial charge in [-0.15, -0.1) is 0 Å². The van der Waals surface area contributed by atoms with E-state index in [9.17, 15) is 30.6 Å². The zero-order valence-corrected chi connectivity index (χ0v) is 19.9. The molecule has 5 aromatic rings. The van der Waals surface area contributed by atoms with Gasteiger partial charge in [0, 0.05) is 24.5 Å². The molecule has 5 rings (SSSR count). The van der Waals surface area contributed by atoms with E-state index >= 15 is 0 Å². The monoisotopic (exact) mass is 494 g/mol. The number of phenols is 6. The minimum Gasteiger partial charge on any atom is -0.508 e. The highest BCUT2D eigenvalue weighted by Crippen LogP contribution is 2.45. The third kappa shape index (κ3) is 4.95. The van der Waals surface area contributed by atoms with E-state index in [0.717, 1.165) is 22.3 Å². The number of fused-ring (bicyclic) bond motifs is 1. The summed E-state index contributed by atoms with van der Waals surface area (Å²) in [6.07, 6.45) is 1.09. The maximum absolute atomic E-state index is 11.3. The topological polar surface area (TPSA) is 121 Å². The van der Waals surface area contributed by atoms with Crippen LogP contribution in [-0.2, 0) is 19.3 Å². The number of rotatable bonds is 6. The molecule has 0 amide bonds. The lowest BCUT2D eigenvalue weighted by atomic mass is 9.87. The molecule has 6 nitrogen and oxygen atoms in total. The van der Waals surface area contributed by atoms with Crippen molar-refractivity contribution >= 4 is 10.8 Å². The van der Waals surface area contributed by atoms with Gasteiger partial charge in [0.2, 0.25) is 0 Å². The van der Waals surface area contributed by atoms with Crippen molar-refractivity contribution in [3.63, 3.8) is 0 Å². The first-order valence-electron chi connectivity index (χ1n) is 11.8. The summed E-state index contributed by atoms with van der Waals surface area (Å²) in [6, 6.07) is 23.3. The summed E-state index contributed by atoms with van der Waals surface area (Å²) in [6.45, 7) is 0. The van der Waals surface area contributed by atoms with Crippen LogP contribution in [-0.4, -0.2) is 30.6 Å². The lowest BCUT2D eigenvalue weighted by Gasteiger charge is -2.19. The highest BCUT2D eigenvalue weighted by Gasteiger charge is 2.21. The number of phenolic OH excluding ortho intramolecular Hbond substituents is 6. The molecular formula is C31H26O6.